The van der Waals surface area contributed by atoms with Crippen LogP contribution in [-0.4, -0.2) is 19.2 Å². The highest BCUT2D eigenvalue weighted by Crippen LogP contribution is 2.18. The minimum atomic E-state index is -3.69. The Morgan fingerprint density at radius 1 is 1.07 bits per heavy atom. The van der Waals surface area contributed by atoms with Crippen LogP contribution < -0.4 is 0 Å². The first kappa shape index (κ1) is 21.5. The number of hydrogen-bond acceptors (Lipinski definition) is 3. The van der Waals surface area contributed by atoms with Crippen molar-refractivity contribution in [2.45, 2.75) is 44.4 Å². The Morgan fingerprint density at radius 2 is 1.78 bits per heavy atom. The number of aryl methyl sites for hydroxylation is 2. The molecule has 0 saturated carbocycles. The zero-order valence-corrected chi connectivity index (χ0v) is 17.6. The van der Waals surface area contributed by atoms with E-state index in [0.717, 1.165) is 37.0 Å². The van der Waals surface area contributed by atoms with Gasteiger partial charge in [-0.05, 0) is 55.7 Å². The predicted molar refractivity (Wildman–Crippen MR) is 117 cm³/mol. The zero-order valence-electron chi connectivity index (χ0n) is 16.0. The summed E-state index contributed by atoms with van der Waals surface area (Å²) < 4.78 is 29.3. The summed E-state index contributed by atoms with van der Waals surface area (Å²) in [4.78, 5) is 0.236. The van der Waals surface area contributed by atoms with E-state index < -0.39 is 10.0 Å². The van der Waals surface area contributed by atoms with Crippen LogP contribution in [0.5, 0.6) is 0 Å². The van der Waals surface area contributed by atoms with Crippen LogP contribution in [0.25, 0.3) is 0 Å². The van der Waals surface area contributed by atoms with Gasteiger partial charge in [0, 0.05) is 0 Å². The van der Waals surface area contributed by atoms with Crippen LogP contribution in [0.15, 0.2) is 76.0 Å². The maximum absolute atomic E-state index is 12.6. The van der Waals surface area contributed by atoms with Gasteiger partial charge in [-0.3, -0.25) is 0 Å². The summed E-state index contributed by atoms with van der Waals surface area (Å²) in [6.07, 6.45) is 7.73. The SMILES string of the molecule is CCCCSC(/C=C/CCc1ccccc1)=N/S(=O)(=O)c1ccc(C)cc1. The molecule has 3 nitrogen and oxygen atoms in total. The molecule has 0 N–H and O–H groups in total. The molecule has 0 amide bonds. The zero-order chi connectivity index (χ0) is 19.5. The fourth-order valence-electron chi connectivity index (χ4n) is 2.39. The molecule has 0 aromatic heterocycles. The van der Waals surface area contributed by atoms with Crippen molar-refractivity contribution in [2.75, 3.05) is 5.75 Å². The van der Waals surface area contributed by atoms with E-state index in [9.17, 15) is 8.42 Å². The van der Waals surface area contributed by atoms with E-state index in [4.69, 9.17) is 0 Å². The Kier molecular flexibility index (Phi) is 8.82. The molecule has 0 aliphatic carbocycles. The van der Waals surface area contributed by atoms with Gasteiger partial charge in [0.2, 0.25) is 0 Å². The number of allylic oxidation sites excluding steroid dienone is 1. The maximum Gasteiger partial charge on any atom is 0.283 e. The minimum absolute atomic E-state index is 0.236. The smallest absolute Gasteiger partial charge is 0.199 e. The first-order valence-electron chi connectivity index (χ1n) is 9.26. The summed E-state index contributed by atoms with van der Waals surface area (Å²) >= 11 is 1.50. The van der Waals surface area contributed by atoms with Gasteiger partial charge in [0.05, 0.1) is 4.90 Å². The molecule has 2 aromatic carbocycles. The van der Waals surface area contributed by atoms with Crippen molar-refractivity contribution in [3.8, 4) is 0 Å². The van der Waals surface area contributed by atoms with E-state index in [1.807, 2.05) is 37.3 Å². The standard InChI is InChI=1S/C22H27NO2S2/c1-3-4-18-26-22(13-9-8-12-20-10-6-5-7-11-20)23-27(24,25)21-16-14-19(2)15-17-21/h5-7,9-11,13-17H,3-4,8,12,18H2,1-2H3/b13-9+,23-22+. The van der Waals surface area contributed by atoms with Crippen molar-refractivity contribution in [1.82, 2.24) is 0 Å². The fourth-order valence-corrected chi connectivity index (χ4v) is 4.61. The topological polar surface area (TPSA) is 46.5 Å². The van der Waals surface area contributed by atoms with Crippen molar-refractivity contribution in [3.63, 3.8) is 0 Å². The van der Waals surface area contributed by atoms with Gasteiger partial charge < -0.3 is 0 Å². The van der Waals surface area contributed by atoms with Gasteiger partial charge in [-0.1, -0.05) is 67.4 Å². The lowest BCUT2D eigenvalue weighted by Gasteiger charge is -2.04. The second-order valence-electron chi connectivity index (χ2n) is 6.35. The first-order valence-corrected chi connectivity index (χ1v) is 11.7. The van der Waals surface area contributed by atoms with E-state index in [1.165, 1.54) is 17.3 Å². The summed E-state index contributed by atoms with van der Waals surface area (Å²) in [5.74, 6) is 0.863. The quantitative estimate of drug-likeness (QED) is 0.303. The average molecular weight is 402 g/mol. The van der Waals surface area contributed by atoms with Crippen molar-refractivity contribution in [3.05, 3.63) is 77.9 Å². The molecule has 0 heterocycles. The lowest BCUT2D eigenvalue weighted by molar-refractivity contribution is 0.598. The highest BCUT2D eigenvalue weighted by Gasteiger charge is 2.13. The second-order valence-corrected chi connectivity index (χ2v) is 9.07. The van der Waals surface area contributed by atoms with Gasteiger partial charge in [0.25, 0.3) is 10.0 Å². The minimum Gasteiger partial charge on any atom is -0.199 e. The Labute approximate surface area is 167 Å². The van der Waals surface area contributed by atoms with E-state index >= 15 is 0 Å². The summed E-state index contributed by atoms with van der Waals surface area (Å²) in [6, 6.07) is 17.1. The fraction of sp³-hybridized carbons (Fsp3) is 0.318. The molecule has 144 valence electrons. The van der Waals surface area contributed by atoms with Gasteiger partial charge in [-0.2, -0.15) is 12.8 Å². The highest BCUT2D eigenvalue weighted by atomic mass is 32.2. The van der Waals surface area contributed by atoms with Gasteiger partial charge in [0.1, 0.15) is 5.04 Å². The molecule has 2 rings (SSSR count). The number of unbranched alkanes of at least 4 members (excludes halogenated alkanes) is 1. The third-order valence-electron chi connectivity index (χ3n) is 3.98. The summed E-state index contributed by atoms with van der Waals surface area (Å²) in [7, 11) is -3.69. The molecule has 5 heteroatoms. The summed E-state index contributed by atoms with van der Waals surface area (Å²) in [5, 5.41) is 0.553. The van der Waals surface area contributed by atoms with E-state index in [-0.39, 0.29) is 4.90 Å². The number of thioether (sulfide) groups is 1. The normalized spacial score (nSPS) is 12.6. The number of sulfonamides is 1. The van der Waals surface area contributed by atoms with E-state index in [1.54, 1.807) is 24.3 Å². The molecule has 0 fully saturated rings. The van der Waals surface area contributed by atoms with Crippen LogP contribution in [0, 0.1) is 6.92 Å². The third kappa shape index (κ3) is 7.73. The highest BCUT2D eigenvalue weighted by molar-refractivity contribution is 8.15. The van der Waals surface area contributed by atoms with Crippen LogP contribution in [0.1, 0.15) is 37.3 Å². The summed E-state index contributed by atoms with van der Waals surface area (Å²) in [5.41, 5.74) is 2.29. The van der Waals surface area contributed by atoms with Crippen LogP contribution in [-0.2, 0) is 16.4 Å². The van der Waals surface area contributed by atoms with Crippen LogP contribution in [0.2, 0.25) is 0 Å². The van der Waals surface area contributed by atoms with Crippen LogP contribution in [0.4, 0.5) is 0 Å². The van der Waals surface area contributed by atoms with Gasteiger partial charge in [0.15, 0.2) is 0 Å². The van der Waals surface area contributed by atoms with E-state index in [0.29, 0.717) is 5.04 Å². The van der Waals surface area contributed by atoms with E-state index in [2.05, 4.69) is 23.5 Å². The first-order chi connectivity index (χ1) is 13.0. The van der Waals surface area contributed by atoms with Gasteiger partial charge in [-0.25, -0.2) is 0 Å². The molecule has 0 unspecified atom stereocenters. The maximum atomic E-state index is 12.6. The van der Waals surface area contributed by atoms with Crippen molar-refractivity contribution >= 4 is 26.8 Å². The number of rotatable bonds is 9. The Bertz CT molecular complexity index is 855. The molecular formula is C22H27NO2S2. The predicted octanol–water partition coefficient (Wildman–Crippen LogP) is 5.80. The lowest BCUT2D eigenvalue weighted by atomic mass is 10.1. The van der Waals surface area contributed by atoms with Gasteiger partial charge >= 0.3 is 0 Å². The molecule has 0 atom stereocenters. The van der Waals surface area contributed by atoms with Crippen molar-refractivity contribution in [2.24, 2.45) is 4.40 Å². The molecule has 0 radical (unpaired) electrons. The Morgan fingerprint density at radius 3 is 2.44 bits per heavy atom. The van der Waals surface area contributed by atoms with Crippen molar-refractivity contribution < 1.29 is 8.42 Å². The van der Waals surface area contributed by atoms with Gasteiger partial charge in [-0.15, -0.1) is 11.8 Å². The lowest BCUT2D eigenvalue weighted by Crippen LogP contribution is -2.01. The van der Waals surface area contributed by atoms with Crippen LogP contribution >= 0.6 is 11.8 Å². The van der Waals surface area contributed by atoms with Crippen LogP contribution in [0.3, 0.4) is 0 Å². The molecule has 0 spiro atoms. The molecule has 2 aromatic rings. The molecule has 0 aliphatic heterocycles. The molecular weight excluding hydrogens is 374 g/mol. The largest absolute Gasteiger partial charge is 0.283 e. The third-order valence-corrected chi connectivity index (χ3v) is 6.42. The molecule has 0 saturated heterocycles. The monoisotopic (exact) mass is 401 g/mol. The molecule has 27 heavy (non-hydrogen) atoms. The number of hydrogen-bond donors (Lipinski definition) is 0. The number of nitrogens with zero attached hydrogens (tertiary/aromatic N) is 1. The van der Waals surface area contributed by atoms with Crippen molar-refractivity contribution in [1.29, 1.82) is 0 Å². The number of benzene rings is 2. The molecule has 0 aliphatic rings. The Balaban J connectivity index is 2.10. The second kappa shape index (κ2) is 11.1. The molecule has 0 bridgehead atoms. The summed E-state index contributed by atoms with van der Waals surface area (Å²) in [6.45, 7) is 4.05. The Hall–Kier alpha value is -1.85. The average Bonchev–Trinajstić information content (AvgIpc) is 2.66.